The lowest BCUT2D eigenvalue weighted by atomic mass is 10.2. The summed E-state index contributed by atoms with van der Waals surface area (Å²) in [6.45, 7) is 1.86. The molecule has 1 aromatic carbocycles. The van der Waals surface area contributed by atoms with Crippen LogP contribution in [0.25, 0.3) is 0 Å². The second-order valence-corrected chi connectivity index (χ2v) is 7.46. The molecule has 1 aromatic heterocycles. The van der Waals surface area contributed by atoms with E-state index >= 15 is 0 Å². The third-order valence-corrected chi connectivity index (χ3v) is 5.55. The topological polar surface area (TPSA) is 83.7 Å². The molecule has 0 fully saturated rings. The number of thioether (sulfide) groups is 1. The maximum absolute atomic E-state index is 12.2. The highest BCUT2D eigenvalue weighted by atomic mass is 32.2. The average Bonchev–Trinajstić information content (AvgIpc) is 2.47. The molecule has 0 unspecified atom stereocenters. The molecular weight excluding hydrogens is 306 g/mol. The van der Waals surface area contributed by atoms with Gasteiger partial charge in [0.05, 0.1) is 22.3 Å². The third-order valence-electron chi connectivity index (χ3n) is 2.70. The minimum absolute atomic E-state index is 0.000862. The van der Waals surface area contributed by atoms with Crippen LogP contribution in [0.5, 0.6) is 0 Å². The van der Waals surface area contributed by atoms with Crippen LogP contribution in [0.2, 0.25) is 0 Å². The lowest BCUT2D eigenvalue weighted by molar-refractivity contribution is 0.597. The minimum atomic E-state index is -3.35. The van der Waals surface area contributed by atoms with Crippen molar-refractivity contribution in [2.24, 2.45) is 0 Å². The van der Waals surface area contributed by atoms with E-state index in [1.807, 2.05) is 13.0 Å². The summed E-state index contributed by atoms with van der Waals surface area (Å²) in [4.78, 5) is 8.51. The summed E-state index contributed by atoms with van der Waals surface area (Å²) in [5.74, 6) is 0.382. The Kier molecular flexibility index (Phi) is 4.94. The van der Waals surface area contributed by atoms with E-state index in [4.69, 9.17) is 5.26 Å². The third kappa shape index (κ3) is 4.28. The summed E-state index contributed by atoms with van der Waals surface area (Å²) in [5.41, 5.74) is 1.29. The number of hydrogen-bond acceptors (Lipinski definition) is 6. The first-order valence-electron chi connectivity index (χ1n) is 6.16. The largest absolute Gasteiger partial charge is 0.231 e. The molecule has 0 radical (unpaired) electrons. The monoisotopic (exact) mass is 319 g/mol. The van der Waals surface area contributed by atoms with Crippen molar-refractivity contribution in [3.63, 3.8) is 0 Å². The van der Waals surface area contributed by atoms with Crippen LogP contribution in [0.15, 0.2) is 46.6 Å². The molecule has 0 atom stereocenters. The number of rotatable bonds is 5. The van der Waals surface area contributed by atoms with Crippen LogP contribution < -0.4 is 0 Å². The maximum atomic E-state index is 12.2. The molecule has 5 nitrogen and oxygen atoms in total. The highest BCUT2D eigenvalue weighted by molar-refractivity contribution is 8.00. The number of aryl methyl sites for hydroxylation is 1. The number of nitriles is 1. The van der Waals surface area contributed by atoms with Gasteiger partial charge in [0.25, 0.3) is 0 Å². The fourth-order valence-corrected chi connectivity index (χ4v) is 4.12. The minimum Gasteiger partial charge on any atom is -0.231 e. The lowest BCUT2D eigenvalue weighted by Gasteiger charge is -2.04. The van der Waals surface area contributed by atoms with Gasteiger partial charge < -0.3 is 0 Å². The SMILES string of the molecule is Cc1ccnc(SCCS(=O)(=O)c2ccc(C#N)cc2)n1. The van der Waals surface area contributed by atoms with Gasteiger partial charge in [0.15, 0.2) is 15.0 Å². The molecule has 0 saturated carbocycles. The molecule has 0 bridgehead atoms. The number of nitrogens with zero attached hydrogens (tertiary/aromatic N) is 3. The van der Waals surface area contributed by atoms with Crippen molar-refractivity contribution >= 4 is 21.6 Å². The van der Waals surface area contributed by atoms with E-state index in [9.17, 15) is 8.42 Å². The predicted octanol–water partition coefficient (Wildman–Crippen LogP) is 2.22. The number of hydrogen-bond donors (Lipinski definition) is 0. The summed E-state index contributed by atoms with van der Waals surface area (Å²) in [6.07, 6.45) is 1.65. The zero-order valence-corrected chi connectivity index (χ0v) is 13.0. The molecule has 2 rings (SSSR count). The van der Waals surface area contributed by atoms with E-state index in [0.29, 0.717) is 16.5 Å². The van der Waals surface area contributed by atoms with Crippen LogP contribution in [0.4, 0.5) is 0 Å². The zero-order chi connectivity index (χ0) is 15.3. The molecule has 0 aliphatic rings. The molecule has 21 heavy (non-hydrogen) atoms. The van der Waals surface area contributed by atoms with Crippen molar-refractivity contribution in [1.29, 1.82) is 5.26 Å². The Morgan fingerprint density at radius 1 is 1.24 bits per heavy atom. The van der Waals surface area contributed by atoms with Gasteiger partial charge >= 0.3 is 0 Å². The van der Waals surface area contributed by atoms with Crippen LogP contribution >= 0.6 is 11.8 Å². The first kappa shape index (κ1) is 15.5. The molecule has 0 aliphatic carbocycles. The van der Waals surface area contributed by atoms with Gasteiger partial charge in [-0.25, -0.2) is 18.4 Å². The normalized spacial score (nSPS) is 11.0. The first-order valence-corrected chi connectivity index (χ1v) is 8.80. The summed E-state index contributed by atoms with van der Waals surface area (Å²) in [6, 6.07) is 9.68. The Balaban J connectivity index is 1.99. The maximum Gasteiger partial charge on any atom is 0.187 e. The fraction of sp³-hybridized carbons (Fsp3) is 0.214. The Morgan fingerprint density at radius 3 is 2.57 bits per heavy atom. The van der Waals surface area contributed by atoms with Crippen molar-refractivity contribution in [2.45, 2.75) is 17.0 Å². The average molecular weight is 319 g/mol. The molecule has 0 N–H and O–H groups in total. The van der Waals surface area contributed by atoms with Crippen molar-refractivity contribution in [3.8, 4) is 6.07 Å². The fourth-order valence-electron chi connectivity index (χ4n) is 1.59. The van der Waals surface area contributed by atoms with E-state index in [0.717, 1.165) is 5.69 Å². The van der Waals surface area contributed by atoms with Gasteiger partial charge in [-0.1, -0.05) is 11.8 Å². The molecule has 108 valence electrons. The molecular formula is C14H13N3O2S2. The zero-order valence-electron chi connectivity index (χ0n) is 11.4. The highest BCUT2D eigenvalue weighted by Gasteiger charge is 2.14. The first-order chi connectivity index (χ1) is 10.0. The number of sulfone groups is 1. The molecule has 0 amide bonds. The smallest absolute Gasteiger partial charge is 0.187 e. The Morgan fingerprint density at radius 2 is 1.95 bits per heavy atom. The van der Waals surface area contributed by atoms with Gasteiger partial charge in [-0.15, -0.1) is 0 Å². The van der Waals surface area contributed by atoms with Crippen molar-refractivity contribution in [2.75, 3.05) is 11.5 Å². The van der Waals surface area contributed by atoms with Crippen molar-refractivity contribution in [1.82, 2.24) is 9.97 Å². The van der Waals surface area contributed by atoms with Gasteiger partial charge in [0.2, 0.25) is 0 Å². The van der Waals surface area contributed by atoms with Gasteiger partial charge in [-0.2, -0.15) is 5.26 Å². The molecule has 2 aromatic rings. The molecule has 0 saturated heterocycles. The van der Waals surface area contributed by atoms with E-state index in [1.54, 1.807) is 12.3 Å². The standard InChI is InChI=1S/C14H13N3O2S2/c1-11-6-7-16-14(17-11)20-8-9-21(18,19)13-4-2-12(10-15)3-5-13/h2-7H,8-9H2,1H3. The van der Waals surface area contributed by atoms with Gasteiger partial charge in [0.1, 0.15) is 0 Å². The number of aromatic nitrogens is 2. The second-order valence-electron chi connectivity index (χ2n) is 4.28. The van der Waals surface area contributed by atoms with Crippen molar-refractivity contribution in [3.05, 3.63) is 47.8 Å². The van der Waals surface area contributed by atoms with E-state index in [2.05, 4.69) is 9.97 Å². The highest BCUT2D eigenvalue weighted by Crippen LogP contribution is 2.17. The summed E-state index contributed by atoms with van der Waals surface area (Å²) >= 11 is 1.31. The van der Waals surface area contributed by atoms with Gasteiger partial charge in [-0.3, -0.25) is 0 Å². The van der Waals surface area contributed by atoms with E-state index in [-0.39, 0.29) is 10.6 Å². The van der Waals surface area contributed by atoms with Crippen LogP contribution in [-0.4, -0.2) is 29.9 Å². The van der Waals surface area contributed by atoms with E-state index in [1.165, 1.54) is 36.0 Å². The Hall–Kier alpha value is -1.91. The summed E-state index contributed by atoms with van der Waals surface area (Å²) in [7, 11) is -3.35. The van der Waals surface area contributed by atoms with Crippen LogP contribution in [0.1, 0.15) is 11.3 Å². The van der Waals surface area contributed by atoms with Crippen LogP contribution in [0, 0.1) is 18.3 Å². The lowest BCUT2D eigenvalue weighted by Crippen LogP contribution is -2.09. The van der Waals surface area contributed by atoms with Gasteiger partial charge in [0, 0.05) is 17.6 Å². The second kappa shape index (κ2) is 6.70. The van der Waals surface area contributed by atoms with Crippen molar-refractivity contribution < 1.29 is 8.42 Å². The number of benzene rings is 1. The van der Waals surface area contributed by atoms with Gasteiger partial charge in [-0.05, 0) is 37.3 Å². The molecule has 0 spiro atoms. The molecule has 7 heteroatoms. The van der Waals surface area contributed by atoms with E-state index < -0.39 is 9.84 Å². The predicted molar refractivity (Wildman–Crippen MR) is 80.7 cm³/mol. The molecule has 0 aliphatic heterocycles. The summed E-state index contributed by atoms with van der Waals surface area (Å²) < 4.78 is 24.3. The Labute approximate surface area is 128 Å². The Bertz CT molecular complexity index is 766. The quantitative estimate of drug-likeness (QED) is 0.620. The van der Waals surface area contributed by atoms with Crippen LogP contribution in [0.3, 0.4) is 0 Å². The molecule has 1 heterocycles. The summed E-state index contributed by atoms with van der Waals surface area (Å²) in [5, 5.41) is 9.28. The van der Waals surface area contributed by atoms with Crippen LogP contribution in [-0.2, 0) is 9.84 Å².